The maximum absolute atomic E-state index is 12.4. The molecule has 2 rings (SSSR count). The number of imidazole rings is 1. The maximum atomic E-state index is 12.4. The van der Waals surface area contributed by atoms with Gasteiger partial charge in [-0.1, -0.05) is 31.2 Å². The van der Waals surface area contributed by atoms with Crippen LogP contribution in [0, 0.1) is 6.92 Å². The van der Waals surface area contributed by atoms with E-state index in [1.54, 1.807) is 11.1 Å². The van der Waals surface area contributed by atoms with Crippen LogP contribution in [0.5, 0.6) is 0 Å². The Morgan fingerprint density at radius 2 is 1.95 bits per heavy atom. The van der Waals surface area contributed by atoms with E-state index in [9.17, 15) is 9.90 Å². The minimum absolute atomic E-state index is 0.00514. The van der Waals surface area contributed by atoms with E-state index < -0.39 is 0 Å². The standard InChI is InChI=1S/C17H23N3O2/c1-3-14-4-6-15(7-5-14)10-17(22)20(8-9-21)12-16-11-18-13(2)19-16/h4-7,11,21H,3,8-10,12H2,1-2H3,(H,18,19). The van der Waals surface area contributed by atoms with Crippen molar-refractivity contribution in [3.05, 3.63) is 53.1 Å². The molecule has 0 aliphatic carbocycles. The molecule has 0 spiro atoms. The number of nitrogens with one attached hydrogen (secondary N) is 1. The van der Waals surface area contributed by atoms with Gasteiger partial charge in [0.25, 0.3) is 0 Å². The first-order valence-corrected chi connectivity index (χ1v) is 7.59. The molecule has 0 radical (unpaired) electrons. The van der Waals surface area contributed by atoms with Crippen LogP contribution in [-0.4, -0.2) is 39.0 Å². The predicted molar refractivity (Wildman–Crippen MR) is 85.4 cm³/mol. The average molecular weight is 301 g/mol. The van der Waals surface area contributed by atoms with Crippen LogP contribution in [-0.2, 0) is 24.2 Å². The Balaban J connectivity index is 2.01. The van der Waals surface area contributed by atoms with Gasteiger partial charge in [-0.3, -0.25) is 4.79 Å². The van der Waals surface area contributed by atoms with E-state index in [1.807, 2.05) is 19.1 Å². The highest BCUT2D eigenvalue weighted by atomic mass is 16.3. The van der Waals surface area contributed by atoms with E-state index in [2.05, 4.69) is 29.0 Å². The van der Waals surface area contributed by atoms with Crippen LogP contribution >= 0.6 is 0 Å². The van der Waals surface area contributed by atoms with E-state index in [1.165, 1.54) is 5.56 Å². The molecular formula is C17H23N3O2. The quantitative estimate of drug-likeness (QED) is 0.820. The lowest BCUT2D eigenvalue weighted by Gasteiger charge is -2.21. The van der Waals surface area contributed by atoms with E-state index in [0.29, 0.717) is 19.5 Å². The largest absolute Gasteiger partial charge is 0.395 e. The second-order valence-electron chi connectivity index (χ2n) is 5.38. The third kappa shape index (κ3) is 4.43. The Morgan fingerprint density at radius 3 is 2.50 bits per heavy atom. The number of H-pyrrole nitrogens is 1. The van der Waals surface area contributed by atoms with Crippen LogP contribution in [0.25, 0.3) is 0 Å². The highest BCUT2D eigenvalue weighted by Crippen LogP contribution is 2.09. The van der Waals surface area contributed by atoms with Crippen LogP contribution < -0.4 is 0 Å². The van der Waals surface area contributed by atoms with Gasteiger partial charge < -0.3 is 15.0 Å². The number of carbonyl (C=O) groups is 1. The number of aliphatic hydroxyl groups excluding tert-OH is 1. The first-order chi connectivity index (χ1) is 10.6. The maximum Gasteiger partial charge on any atom is 0.227 e. The van der Waals surface area contributed by atoms with Gasteiger partial charge in [-0.25, -0.2) is 4.98 Å². The van der Waals surface area contributed by atoms with Gasteiger partial charge in [0.1, 0.15) is 5.82 Å². The molecule has 1 amide bonds. The van der Waals surface area contributed by atoms with Crippen molar-refractivity contribution in [2.45, 2.75) is 33.2 Å². The van der Waals surface area contributed by atoms with Crippen LogP contribution in [0.1, 0.15) is 29.6 Å². The third-order valence-electron chi connectivity index (χ3n) is 3.63. The molecule has 2 N–H and O–H groups in total. The number of amides is 1. The molecule has 5 nitrogen and oxygen atoms in total. The van der Waals surface area contributed by atoms with Crippen molar-refractivity contribution in [3.8, 4) is 0 Å². The molecule has 118 valence electrons. The minimum Gasteiger partial charge on any atom is -0.395 e. The van der Waals surface area contributed by atoms with Gasteiger partial charge in [-0.05, 0) is 24.5 Å². The third-order valence-corrected chi connectivity index (χ3v) is 3.63. The zero-order valence-electron chi connectivity index (χ0n) is 13.2. The van der Waals surface area contributed by atoms with Gasteiger partial charge in [-0.2, -0.15) is 0 Å². The van der Waals surface area contributed by atoms with Crippen molar-refractivity contribution in [2.75, 3.05) is 13.2 Å². The zero-order valence-corrected chi connectivity index (χ0v) is 13.2. The lowest BCUT2D eigenvalue weighted by atomic mass is 10.1. The molecule has 0 bridgehead atoms. The summed E-state index contributed by atoms with van der Waals surface area (Å²) in [6, 6.07) is 8.09. The molecule has 1 aromatic carbocycles. The van der Waals surface area contributed by atoms with Crippen molar-refractivity contribution in [1.29, 1.82) is 0 Å². The molecule has 0 aliphatic rings. The molecule has 22 heavy (non-hydrogen) atoms. The second-order valence-corrected chi connectivity index (χ2v) is 5.38. The van der Waals surface area contributed by atoms with Crippen molar-refractivity contribution < 1.29 is 9.90 Å². The Morgan fingerprint density at radius 1 is 1.27 bits per heavy atom. The van der Waals surface area contributed by atoms with Gasteiger partial charge in [-0.15, -0.1) is 0 Å². The SMILES string of the molecule is CCc1ccc(CC(=O)N(CCO)Cc2cnc(C)[nH]2)cc1. The van der Waals surface area contributed by atoms with E-state index in [-0.39, 0.29) is 12.5 Å². The van der Waals surface area contributed by atoms with Gasteiger partial charge in [0.05, 0.1) is 31.5 Å². The normalized spacial score (nSPS) is 10.7. The van der Waals surface area contributed by atoms with E-state index in [4.69, 9.17) is 0 Å². The number of benzene rings is 1. The Labute approximate surface area is 131 Å². The number of aromatic amines is 1. The molecule has 5 heteroatoms. The Bertz CT molecular complexity index is 605. The number of aliphatic hydroxyl groups is 1. The summed E-state index contributed by atoms with van der Waals surface area (Å²) in [6.45, 7) is 4.69. The zero-order chi connectivity index (χ0) is 15.9. The molecule has 0 unspecified atom stereocenters. The summed E-state index contributed by atoms with van der Waals surface area (Å²) in [5, 5.41) is 9.18. The average Bonchev–Trinajstić information content (AvgIpc) is 2.93. The van der Waals surface area contributed by atoms with Gasteiger partial charge in [0.15, 0.2) is 0 Å². The lowest BCUT2D eigenvalue weighted by molar-refractivity contribution is -0.131. The highest BCUT2D eigenvalue weighted by Gasteiger charge is 2.15. The fourth-order valence-electron chi connectivity index (χ4n) is 2.35. The fraction of sp³-hybridized carbons (Fsp3) is 0.412. The molecule has 1 heterocycles. The summed E-state index contributed by atoms with van der Waals surface area (Å²) in [5.74, 6) is 0.826. The summed E-state index contributed by atoms with van der Waals surface area (Å²) in [7, 11) is 0. The summed E-state index contributed by atoms with van der Waals surface area (Å²) in [6.07, 6.45) is 3.06. The van der Waals surface area contributed by atoms with E-state index in [0.717, 1.165) is 23.5 Å². The van der Waals surface area contributed by atoms with Gasteiger partial charge >= 0.3 is 0 Å². The van der Waals surface area contributed by atoms with Crippen LogP contribution in [0.15, 0.2) is 30.5 Å². The number of hydrogen-bond donors (Lipinski definition) is 2. The molecular weight excluding hydrogens is 278 g/mol. The number of rotatable bonds is 7. The molecule has 1 aromatic heterocycles. The summed E-state index contributed by atoms with van der Waals surface area (Å²) in [5.41, 5.74) is 3.13. The lowest BCUT2D eigenvalue weighted by Crippen LogP contribution is -2.34. The van der Waals surface area contributed by atoms with Crippen LogP contribution in [0.2, 0.25) is 0 Å². The highest BCUT2D eigenvalue weighted by molar-refractivity contribution is 5.78. The van der Waals surface area contributed by atoms with Crippen LogP contribution in [0.4, 0.5) is 0 Å². The minimum atomic E-state index is -0.0480. The fourth-order valence-corrected chi connectivity index (χ4v) is 2.35. The summed E-state index contributed by atoms with van der Waals surface area (Å²) in [4.78, 5) is 21.4. The molecule has 0 aliphatic heterocycles. The second kappa shape index (κ2) is 7.75. The number of aryl methyl sites for hydroxylation is 2. The summed E-state index contributed by atoms with van der Waals surface area (Å²) < 4.78 is 0. The van der Waals surface area contributed by atoms with Crippen molar-refractivity contribution in [2.24, 2.45) is 0 Å². The van der Waals surface area contributed by atoms with E-state index >= 15 is 0 Å². The monoisotopic (exact) mass is 301 g/mol. The predicted octanol–water partition coefficient (Wildman–Crippen LogP) is 1.84. The molecule has 2 aromatic rings. The number of nitrogens with zero attached hydrogens (tertiary/aromatic N) is 2. The molecule has 0 fully saturated rings. The summed E-state index contributed by atoms with van der Waals surface area (Å²) >= 11 is 0. The van der Waals surface area contributed by atoms with Crippen molar-refractivity contribution in [3.63, 3.8) is 0 Å². The first-order valence-electron chi connectivity index (χ1n) is 7.59. The number of aromatic nitrogens is 2. The molecule has 0 saturated carbocycles. The van der Waals surface area contributed by atoms with Crippen molar-refractivity contribution >= 4 is 5.91 Å². The topological polar surface area (TPSA) is 69.2 Å². The van der Waals surface area contributed by atoms with Gasteiger partial charge in [0.2, 0.25) is 5.91 Å². The van der Waals surface area contributed by atoms with Crippen LogP contribution in [0.3, 0.4) is 0 Å². The first kappa shape index (κ1) is 16.2. The Kier molecular flexibility index (Phi) is 5.72. The smallest absolute Gasteiger partial charge is 0.227 e. The molecule has 0 atom stereocenters. The number of carbonyl (C=O) groups excluding carboxylic acids is 1. The number of hydrogen-bond acceptors (Lipinski definition) is 3. The van der Waals surface area contributed by atoms with Crippen molar-refractivity contribution in [1.82, 2.24) is 14.9 Å². The molecule has 0 saturated heterocycles. The van der Waals surface area contributed by atoms with Gasteiger partial charge in [0, 0.05) is 6.54 Å². The Hall–Kier alpha value is -2.14.